The van der Waals surface area contributed by atoms with E-state index in [0.29, 0.717) is 30.8 Å². The Labute approximate surface area is 200 Å². The summed E-state index contributed by atoms with van der Waals surface area (Å²) in [5, 5.41) is 1.51. The first kappa shape index (κ1) is 24.7. The number of halogens is 2. The maximum Gasteiger partial charge on any atom is 0.258 e. The van der Waals surface area contributed by atoms with E-state index in [2.05, 4.69) is 36.7 Å². The van der Waals surface area contributed by atoms with Crippen LogP contribution in [0, 0.1) is 5.82 Å². The average molecular weight is 516 g/mol. The van der Waals surface area contributed by atoms with Gasteiger partial charge in [0.1, 0.15) is 11.6 Å². The quantitative estimate of drug-likeness (QED) is 0.256. The van der Waals surface area contributed by atoms with Gasteiger partial charge >= 0.3 is 0 Å². The van der Waals surface area contributed by atoms with Crippen LogP contribution in [0.25, 0.3) is 0 Å². The Kier molecular flexibility index (Phi) is 8.31. The van der Waals surface area contributed by atoms with Crippen LogP contribution in [-0.4, -0.2) is 19.7 Å². The molecule has 0 amide bonds. The smallest absolute Gasteiger partial charge is 0.258 e. The number of rotatable bonds is 10. The third-order valence-electron chi connectivity index (χ3n) is 6.24. The van der Waals surface area contributed by atoms with E-state index >= 15 is 0 Å². The molecule has 0 aromatic heterocycles. The van der Waals surface area contributed by atoms with E-state index in [-0.39, 0.29) is 5.82 Å². The van der Waals surface area contributed by atoms with Crippen LogP contribution in [0.15, 0.2) is 77.3 Å². The van der Waals surface area contributed by atoms with Crippen LogP contribution >= 0.6 is 15.9 Å². The molecule has 0 fully saturated rings. The molecule has 0 spiro atoms. The van der Waals surface area contributed by atoms with E-state index in [1.165, 1.54) is 6.07 Å². The summed E-state index contributed by atoms with van der Waals surface area (Å²) in [5.74, 6) is 0.276. The lowest BCUT2D eigenvalue weighted by atomic mass is 10.0. The highest BCUT2D eigenvalue weighted by Gasteiger charge is 2.49. The highest BCUT2D eigenvalue weighted by atomic mass is 79.9. The molecule has 32 heavy (non-hydrogen) atoms. The zero-order valence-electron chi connectivity index (χ0n) is 19.1. The van der Waals surface area contributed by atoms with Crippen molar-refractivity contribution in [3.63, 3.8) is 0 Å². The summed E-state index contributed by atoms with van der Waals surface area (Å²) in [6.45, 7) is 6.88. The predicted molar refractivity (Wildman–Crippen MR) is 137 cm³/mol. The number of hydrogen-bond acceptors (Lipinski definition) is 2. The summed E-state index contributed by atoms with van der Waals surface area (Å²) in [6.07, 6.45) is 3.15. The van der Waals surface area contributed by atoms with Gasteiger partial charge in [0.25, 0.3) is 8.32 Å². The van der Waals surface area contributed by atoms with Gasteiger partial charge in [-0.1, -0.05) is 87.9 Å². The molecule has 170 valence electrons. The summed E-state index contributed by atoms with van der Waals surface area (Å²) >= 11 is 3.53. The molecule has 2 nitrogen and oxygen atoms in total. The summed E-state index contributed by atoms with van der Waals surface area (Å²) in [5.41, 5.74) is 0.630. The Balaban J connectivity index is 1.87. The maximum atomic E-state index is 14.9. The van der Waals surface area contributed by atoms with Crippen molar-refractivity contribution in [2.75, 3.05) is 6.61 Å². The van der Waals surface area contributed by atoms with E-state index in [1.54, 1.807) is 0 Å². The third-order valence-corrected chi connectivity index (χ3v) is 11.4. The Morgan fingerprint density at radius 1 is 0.969 bits per heavy atom. The van der Waals surface area contributed by atoms with Gasteiger partial charge in [-0.2, -0.15) is 0 Å². The van der Waals surface area contributed by atoms with E-state index in [4.69, 9.17) is 4.74 Å². The minimum atomic E-state index is -3.11. The molecular weight excluding hydrogens is 483 g/mol. The van der Waals surface area contributed by atoms with Gasteiger partial charge in [0.2, 0.25) is 0 Å². The summed E-state index contributed by atoms with van der Waals surface area (Å²) in [4.78, 5) is 12.3. The second-order valence-corrected chi connectivity index (χ2v) is 13.7. The molecule has 5 heteroatoms. The number of aryl methyl sites for hydroxylation is 1. The molecular formula is C27H32BrFO2Si. The van der Waals surface area contributed by atoms with Crippen LogP contribution in [0.1, 0.15) is 45.6 Å². The molecule has 0 atom stereocenters. The number of hydrogen-bond donors (Lipinski definition) is 1. The molecule has 3 aromatic rings. The van der Waals surface area contributed by atoms with E-state index in [9.17, 15) is 9.19 Å². The molecule has 1 N–H and O–H groups in total. The topological polar surface area (TPSA) is 29.5 Å². The lowest BCUT2D eigenvalue weighted by molar-refractivity contribution is 0.305. The Morgan fingerprint density at radius 3 is 2.06 bits per heavy atom. The SMILES string of the molecule is CCCCOc1cc(F)c(CCC(C)(C)[Si](O)(c2ccccc2)c2ccccc2)cc1Br. The monoisotopic (exact) mass is 514 g/mol. The third kappa shape index (κ3) is 5.33. The van der Waals surface area contributed by atoms with Gasteiger partial charge in [-0.05, 0) is 62.2 Å². The minimum Gasteiger partial charge on any atom is -0.492 e. The van der Waals surface area contributed by atoms with Crippen molar-refractivity contribution in [1.82, 2.24) is 0 Å². The predicted octanol–water partition coefficient (Wildman–Crippen LogP) is 6.23. The van der Waals surface area contributed by atoms with Gasteiger partial charge in [0.05, 0.1) is 11.1 Å². The zero-order chi connectivity index (χ0) is 23.2. The van der Waals surface area contributed by atoms with Gasteiger partial charge in [-0.25, -0.2) is 4.39 Å². The zero-order valence-corrected chi connectivity index (χ0v) is 21.7. The fourth-order valence-electron chi connectivity index (χ4n) is 4.13. The molecule has 3 rings (SSSR count). The first-order valence-electron chi connectivity index (χ1n) is 11.2. The Morgan fingerprint density at radius 2 is 1.53 bits per heavy atom. The molecule has 3 aromatic carbocycles. The van der Waals surface area contributed by atoms with Crippen LogP contribution in [0.3, 0.4) is 0 Å². The van der Waals surface area contributed by atoms with Crippen LogP contribution in [0.5, 0.6) is 5.75 Å². The highest BCUT2D eigenvalue weighted by Crippen LogP contribution is 2.40. The molecule has 0 unspecified atom stereocenters. The van der Waals surface area contributed by atoms with E-state index in [1.807, 2.05) is 66.7 Å². The normalized spacial score (nSPS) is 12.1. The van der Waals surface area contributed by atoms with Crippen molar-refractivity contribution in [2.24, 2.45) is 0 Å². The van der Waals surface area contributed by atoms with Gasteiger partial charge in [0, 0.05) is 6.07 Å². The highest BCUT2D eigenvalue weighted by molar-refractivity contribution is 9.10. The maximum absolute atomic E-state index is 14.9. The summed E-state index contributed by atoms with van der Waals surface area (Å²) < 4.78 is 21.4. The van der Waals surface area contributed by atoms with Crippen molar-refractivity contribution >= 4 is 34.6 Å². The van der Waals surface area contributed by atoms with E-state index < -0.39 is 13.4 Å². The van der Waals surface area contributed by atoms with Gasteiger partial charge < -0.3 is 9.53 Å². The fraction of sp³-hybridized carbons (Fsp3) is 0.333. The van der Waals surface area contributed by atoms with Crippen molar-refractivity contribution < 1.29 is 13.9 Å². The average Bonchev–Trinajstić information content (AvgIpc) is 2.80. The Hall–Kier alpha value is -1.95. The van der Waals surface area contributed by atoms with Gasteiger partial charge in [-0.3, -0.25) is 0 Å². The van der Waals surface area contributed by atoms with Gasteiger partial charge in [-0.15, -0.1) is 0 Å². The lowest BCUT2D eigenvalue weighted by Crippen LogP contribution is -2.65. The van der Waals surface area contributed by atoms with Crippen molar-refractivity contribution in [2.45, 2.75) is 51.5 Å². The van der Waals surface area contributed by atoms with Crippen LogP contribution in [0.2, 0.25) is 5.04 Å². The van der Waals surface area contributed by atoms with Crippen LogP contribution in [0.4, 0.5) is 4.39 Å². The second kappa shape index (κ2) is 10.8. The summed E-state index contributed by atoms with van der Waals surface area (Å²) in [6, 6.07) is 23.2. The summed E-state index contributed by atoms with van der Waals surface area (Å²) in [7, 11) is -3.11. The van der Waals surface area contributed by atoms with Crippen LogP contribution in [-0.2, 0) is 6.42 Å². The van der Waals surface area contributed by atoms with Crippen molar-refractivity contribution in [3.8, 4) is 5.75 Å². The Bertz CT molecular complexity index is 969. The molecule has 0 heterocycles. The van der Waals surface area contributed by atoms with Crippen molar-refractivity contribution in [1.29, 1.82) is 0 Å². The van der Waals surface area contributed by atoms with Gasteiger partial charge in [0.15, 0.2) is 0 Å². The minimum absolute atomic E-state index is 0.264. The van der Waals surface area contributed by atoms with Crippen LogP contribution < -0.4 is 15.1 Å². The number of benzene rings is 3. The first-order chi connectivity index (χ1) is 15.3. The molecule has 0 saturated carbocycles. The molecule has 0 bridgehead atoms. The lowest BCUT2D eigenvalue weighted by Gasteiger charge is -2.41. The largest absolute Gasteiger partial charge is 0.492 e. The fourth-order valence-corrected chi connectivity index (χ4v) is 8.37. The molecule has 0 aliphatic heterocycles. The van der Waals surface area contributed by atoms with E-state index in [0.717, 1.165) is 27.7 Å². The molecule has 0 radical (unpaired) electrons. The van der Waals surface area contributed by atoms with Crippen molar-refractivity contribution in [3.05, 3.63) is 88.6 Å². The molecule has 0 aliphatic rings. The molecule has 0 aliphatic carbocycles. The number of unbranched alkanes of at least 4 members (excludes halogenated alkanes) is 1. The standard InChI is InChI=1S/C27H32BrFO2Si/c1-4-5-18-31-26-20-25(29)21(19-24(26)28)16-17-27(2,3)32(30,22-12-8-6-9-13-22)23-14-10-7-11-15-23/h6-15,19-20,30H,4-5,16-18H2,1-3H3. The number of ether oxygens (including phenoxy) is 1. The second-order valence-electron chi connectivity index (χ2n) is 8.90. The first-order valence-corrected chi connectivity index (χ1v) is 14.0. The molecule has 0 saturated heterocycles.